The van der Waals surface area contributed by atoms with Crippen molar-refractivity contribution in [3.05, 3.63) is 52.0 Å². The molecular weight excluding hydrogens is 393 g/mol. The summed E-state index contributed by atoms with van der Waals surface area (Å²) >= 11 is 0.687. The summed E-state index contributed by atoms with van der Waals surface area (Å²) < 4.78 is 40.7. The molecule has 1 aliphatic rings. The van der Waals surface area contributed by atoms with E-state index < -0.39 is 29.1 Å². The average molecular weight is 412 g/mol. The Kier molecular flexibility index (Phi) is 5.49. The molecule has 2 heterocycles. The fourth-order valence-corrected chi connectivity index (χ4v) is 3.92. The first-order chi connectivity index (χ1) is 13.1. The van der Waals surface area contributed by atoms with E-state index >= 15 is 0 Å². The van der Waals surface area contributed by atoms with Gasteiger partial charge in [0, 0.05) is 24.2 Å². The number of benzene rings is 1. The maximum absolute atomic E-state index is 13.6. The van der Waals surface area contributed by atoms with Crippen molar-refractivity contribution in [3.8, 4) is 5.75 Å². The molecule has 0 unspecified atom stereocenters. The van der Waals surface area contributed by atoms with E-state index in [4.69, 9.17) is 0 Å². The van der Waals surface area contributed by atoms with E-state index in [9.17, 15) is 28.2 Å². The van der Waals surface area contributed by atoms with Crippen LogP contribution < -0.4 is 0 Å². The maximum Gasteiger partial charge on any atom is 0.424 e. The van der Waals surface area contributed by atoms with Crippen LogP contribution in [0.1, 0.15) is 29.1 Å². The lowest BCUT2D eigenvalue weighted by atomic mass is 9.96. The summed E-state index contributed by atoms with van der Waals surface area (Å²) in [5.74, 6) is -0.644. The topological polar surface area (TPSA) is 73.7 Å². The van der Waals surface area contributed by atoms with E-state index in [1.165, 1.54) is 17.2 Å². The fraction of sp³-hybridized carbons (Fsp3) is 0.368. The number of aliphatic hydroxyl groups is 1. The van der Waals surface area contributed by atoms with Gasteiger partial charge in [0.1, 0.15) is 10.8 Å². The minimum Gasteiger partial charge on any atom is -0.508 e. The summed E-state index contributed by atoms with van der Waals surface area (Å²) in [5.41, 5.74) is -1.11. The van der Waals surface area contributed by atoms with Crippen LogP contribution in [0.2, 0.25) is 0 Å². The quantitative estimate of drug-likeness (QED) is 0.805. The number of aromatic hydroxyl groups is 1. The largest absolute Gasteiger partial charge is 0.508 e. The van der Waals surface area contributed by atoms with Crippen LogP contribution in [0.25, 0.3) is 5.57 Å². The number of thiazole rings is 1. The van der Waals surface area contributed by atoms with Gasteiger partial charge in [-0.05, 0) is 36.6 Å². The molecule has 5 nitrogen and oxygen atoms in total. The first kappa shape index (κ1) is 20.3. The van der Waals surface area contributed by atoms with Crippen LogP contribution in [-0.4, -0.2) is 45.3 Å². The van der Waals surface area contributed by atoms with Gasteiger partial charge in [-0.2, -0.15) is 13.2 Å². The molecule has 150 valence electrons. The molecule has 0 saturated heterocycles. The second kappa shape index (κ2) is 7.56. The number of phenolic OH excluding ortho intramolecular Hbond substituents is 1. The van der Waals surface area contributed by atoms with Crippen molar-refractivity contribution < 1.29 is 28.2 Å². The zero-order valence-corrected chi connectivity index (χ0v) is 15.8. The number of nitrogens with zero attached hydrogens (tertiary/aromatic N) is 2. The molecule has 2 aromatic rings. The lowest BCUT2D eigenvalue weighted by molar-refractivity contribution is -0.268. The van der Waals surface area contributed by atoms with Gasteiger partial charge in [-0.3, -0.25) is 4.79 Å². The summed E-state index contributed by atoms with van der Waals surface area (Å²) in [7, 11) is 0. The fourth-order valence-electron chi connectivity index (χ4n) is 3.01. The number of carbonyl (C=O) groups excluding carboxylic acids is 1. The maximum atomic E-state index is 13.6. The van der Waals surface area contributed by atoms with Crippen molar-refractivity contribution >= 4 is 22.8 Å². The third-order valence-electron chi connectivity index (χ3n) is 4.65. The molecule has 2 N–H and O–H groups in total. The van der Waals surface area contributed by atoms with Crippen LogP contribution >= 0.6 is 11.3 Å². The van der Waals surface area contributed by atoms with Crippen LogP contribution in [0.4, 0.5) is 13.2 Å². The van der Waals surface area contributed by atoms with E-state index in [0.29, 0.717) is 23.5 Å². The summed E-state index contributed by atoms with van der Waals surface area (Å²) in [5, 5.41) is 20.6. The molecule has 0 fully saturated rings. The Morgan fingerprint density at radius 3 is 2.46 bits per heavy atom. The number of rotatable bonds is 4. The zero-order valence-electron chi connectivity index (χ0n) is 15.0. The minimum atomic E-state index is -5.02. The standard InChI is InChI=1S/C19H19F3N2O3S/c1-12-11-28-17(23-12)18(27,19(20,21)22)10-16(26)24-8-6-14(7-9-24)13-2-4-15(25)5-3-13/h2-6,11,25,27H,7-10H2,1H3/t18-/m0/s1. The number of alkyl halides is 3. The lowest BCUT2D eigenvalue weighted by Gasteiger charge is -2.32. The van der Waals surface area contributed by atoms with Gasteiger partial charge in [0.2, 0.25) is 11.5 Å². The van der Waals surface area contributed by atoms with Crippen molar-refractivity contribution in [2.24, 2.45) is 0 Å². The van der Waals surface area contributed by atoms with Gasteiger partial charge >= 0.3 is 6.18 Å². The number of hydrogen-bond donors (Lipinski definition) is 2. The summed E-state index contributed by atoms with van der Waals surface area (Å²) in [4.78, 5) is 17.6. The van der Waals surface area contributed by atoms with Crippen molar-refractivity contribution in [1.29, 1.82) is 0 Å². The Bertz CT molecular complexity index is 893. The van der Waals surface area contributed by atoms with Gasteiger partial charge in [0.15, 0.2) is 0 Å². The van der Waals surface area contributed by atoms with E-state index in [1.807, 2.05) is 0 Å². The molecule has 0 spiro atoms. The van der Waals surface area contributed by atoms with Gasteiger partial charge in [-0.15, -0.1) is 11.3 Å². The minimum absolute atomic E-state index is 0.140. The normalized spacial score (nSPS) is 17.2. The molecule has 1 amide bonds. The number of halogens is 3. The first-order valence-corrected chi connectivity index (χ1v) is 9.46. The molecule has 0 aliphatic carbocycles. The van der Waals surface area contributed by atoms with Gasteiger partial charge in [-0.1, -0.05) is 18.2 Å². The molecule has 1 atom stereocenters. The van der Waals surface area contributed by atoms with Crippen molar-refractivity contribution in [3.63, 3.8) is 0 Å². The highest BCUT2D eigenvalue weighted by molar-refractivity contribution is 7.09. The van der Waals surface area contributed by atoms with Crippen LogP contribution in [0.3, 0.4) is 0 Å². The lowest BCUT2D eigenvalue weighted by Crippen LogP contribution is -2.47. The first-order valence-electron chi connectivity index (χ1n) is 8.58. The third-order valence-corrected chi connectivity index (χ3v) is 5.76. The Morgan fingerprint density at radius 1 is 1.29 bits per heavy atom. The molecule has 28 heavy (non-hydrogen) atoms. The number of hydrogen-bond acceptors (Lipinski definition) is 5. The Morgan fingerprint density at radius 2 is 1.96 bits per heavy atom. The number of phenols is 1. The molecule has 1 aliphatic heterocycles. The van der Waals surface area contributed by atoms with Crippen LogP contribution in [0.5, 0.6) is 5.75 Å². The summed E-state index contributed by atoms with van der Waals surface area (Å²) in [6.07, 6.45) is -3.88. The molecule has 1 aromatic heterocycles. The number of aryl methyl sites for hydroxylation is 1. The number of amides is 1. The zero-order chi connectivity index (χ0) is 20.5. The summed E-state index contributed by atoms with van der Waals surface area (Å²) in [6.45, 7) is 1.93. The molecule has 9 heteroatoms. The van der Waals surface area contributed by atoms with Gasteiger partial charge in [0.05, 0.1) is 6.42 Å². The number of carbonyl (C=O) groups is 1. The van der Waals surface area contributed by atoms with Gasteiger partial charge < -0.3 is 15.1 Å². The molecular formula is C19H19F3N2O3S. The second-order valence-electron chi connectivity index (χ2n) is 6.69. The SMILES string of the molecule is Cc1csc([C@@](O)(CC(=O)N2CC=C(c3ccc(O)cc3)CC2)C(F)(F)F)n1. The van der Waals surface area contributed by atoms with Crippen molar-refractivity contribution in [1.82, 2.24) is 9.88 Å². The smallest absolute Gasteiger partial charge is 0.424 e. The molecule has 1 aromatic carbocycles. The monoisotopic (exact) mass is 412 g/mol. The van der Waals surface area contributed by atoms with E-state index in [2.05, 4.69) is 4.98 Å². The predicted molar refractivity (Wildman–Crippen MR) is 98.7 cm³/mol. The molecule has 0 bridgehead atoms. The van der Waals surface area contributed by atoms with Gasteiger partial charge in [-0.25, -0.2) is 4.98 Å². The van der Waals surface area contributed by atoms with E-state index in [0.717, 1.165) is 11.1 Å². The van der Waals surface area contributed by atoms with E-state index in [1.54, 1.807) is 30.3 Å². The highest BCUT2D eigenvalue weighted by Gasteiger charge is 2.58. The highest BCUT2D eigenvalue weighted by Crippen LogP contribution is 2.43. The van der Waals surface area contributed by atoms with Crippen LogP contribution in [0, 0.1) is 6.92 Å². The Hall–Kier alpha value is -2.39. The van der Waals surface area contributed by atoms with Gasteiger partial charge in [0.25, 0.3) is 0 Å². The van der Waals surface area contributed by atoms with Crippen LogP contribution in [-0.2, 0) is 10.4 Å². The summed E-state index contributed by atoms with van der Waals surface area (Å²) in [6, 6.07) is 6.58. The van der Waals surface area contributed by atoms with Crippen molar-refractivity contribution in [2.75, 3.05) is 13.1 Å². The molecule has 3 rings (SSSR count). The highest BCUT2D eigenvalue weighted by atomic mass is 32.1. The van der Waals surface area contributed by atoms with Crippen LogP contribution in [0.15, 0.2) is 35.7 Å². The second-order valence-corrected chi connectivity index (χ2v) is 7.55. The molecule has 0 radical (unpaired) electrons. The van der Waals surface area contributed by atoms with Crippen molar-refractivity contribution in [2.45, 2.75) is 31.5 Å². The predicted octanol–water partition coefficient (Wildman–Crippen LogP) is 3.61. The third kappa shape index (κ3) is 4.05. The Balaban J connectivity index is 1.74. The Labute approximate surface area is 163 Å². The molecule has 0 saturated carbocycles. The number of aromatic nitrogens is 1. The van der Waals surface area contributed by atoms with E-state index in [-0.39, 0.29) is 18.8 Å². The average Bonchev–Trinajstić information content (AvgIpc) is 3.08.